The number of carbonyl (C=O) groups is 2. The van der Waals surface area contributed by atoms with Crippen LogP contribution in [0.3, 0.4) is 0 Å². The smallest absolute Gasteiger partial charge is 0.313 e. The predicted octanol–water partition coefficient (Wildman–Crippen LogP) is 1.07. The van der Waals surface area contributed by atoms with E-state index in [1.54, 1.807) is 18.2 Å². The van der Waals surface area contributed by atoms with Crippen molar-refractivity contribution in [1.29, 1.82) is 0 Å². The lowest BCUT2D eigenvalue weighted by Crippen LogP contribution is -2.45. The molecule has 0 aromatic heterocycles. The van der Waals surface area contributed by atoms with Gasteiger partial charge in [-0.3, -0.25) is 4.79 Å². The van der Waals surface area contributed by atoms with Crippen LogP contribution in [0.4, 0.5) is 4.79 Å². The summed E-state index contributed by atoms with van der Waals surface area (Å²) in [6, 6.07) is 6.22. The zero-order chi connectivity index (χ0) is 15.5. The van der Waals surface area contributed by atoms with Crippen LogP contribution in [0.1, 0.15) is 19.8 Å². The van der Waals surface area contributed by atoms with Crippen molar-refractivity contribution in [3.05, 3.63) is 30.3 Å². The number of rotatable bonds is 4. The van der Waals surface area contributed by atoms with E-state index in [2.05, 4.69) is 4.28 Å². The van der Waals surface area contributed by atoms with Crippen LogP contribution in [0.25, 0.3) is 0 Å². The SMILES string of the molecule is CC(=O)C1CCCN1C(=O)NOS(=O)(=O)c1ccccc1. The standard InChI is InChI=1S/C13H16N2O5S/c1-10(16)12-8-5-9-15(12)13(17)14-20-21(18,19)11-6-3-2-4-7-11/h2-4,6-7,12H,5,8-9H2,1H3,(H,14,17). The van der Waals surface area contributed by atoms with Crippen LogP contribution in [0.15, 0.2) is 35.2 Å². The lowest BCUT2D eigenvalue weighted by Gasteiger charge is -2.22. The van der Waals surface area contributed by atoms with Gasteiger partial charge >= 0.3 is 16.1 Å². The zero-order valence-electron chi connectivity index (χ0n) is 11.5. The highest BCUT2D eigenvalue weighted by molar-refractivity contribution is 7.86. The molecule has 1 N–H and O–H groups in total. The number of urea groups is 1. The van der Waals surface area contributed by atoms with Gasteiger partial charge in [-0.15, -0.1) is 4.28 Å². The van der Waals surface area contributed by atoms with E-state index in [9.17, 15) is 18.0 Å². The second kappa shape index (κ2) is 6.23. The Balaban J connectivity index is 2.00. The quantitative estimate of drug-likeness (QED) is 0.840. The fraction of sp³-hybridized carbons (Fsp3) is 0.385. The molecular formula is C13H16N2O5S. The van der Waals surface area contributed by atoms with Crippen molar-refractivity contribution in [3.63, 3.8) is 0 Å². The minimum atomic E-state index is -4.07. The molecule has 114 valence electrons. The normalized spacial score (nSPS) is 18.5. The number of ketones is 1. The highest BCUT2D eigenvalue weighted by atomic mass is 32.2. The van der Waals surface area contributed by atoms with Crippen molar-refractivity contribution in [3.8, 4) is 0 Å². The monoisotopic (exact) mass is 312 g/mol. The second-order valence-electron chi connectivity index (χ2n) is 4.72. The molecule has 1 aliphatic heterocycles. The molecular weight excluding hydrogens is 296 g/mol. The van der Waals surface area contributed by atoms with Crippen molar-refractivity contribution in [2.24, 2.45) is 0 Å². The fourth-order valence-electron chi connectivity index (χ4n) is 2.22. The number of likely N-dealkylation sites (tertiary alicyclic amines) is 1. The summed E-state index contributed by atoms with van der Waals surface area (Å²) in [6.07, 6.45) is 1.28. The molecule has 1 saturated heterocycles. The van der Waals surface area contributed by atoms with Crippen LogP contribution >= 0.6 is 0 Å². The number of nitrogens with one attached hydrogen (secondary N) is 1. The Bertz CT molecular complexity index is 629. The van der Waals surface area contributed by atoms with Gasteiger partial charge in [0.15, 0.2) is 5.78 Å². The van der Waals surface area contributed by atoms with E-state index in [1.807, 2.05) is 5.48 Å². The van der Waals surface area contributed by atoms with Gasteiger partial charge in [0.1, 0.15) is 0 Å². The van der Waals surface area contributed by atoms with Crippen molar-refractivity contribution in [2.45, 2.75) is 30.7 Å². The molecule has 1 aliphatic rings. The van der Waals surface area contributed by atoms with Gasteiger partial charge in [0.2, 0.25) is 0 Å². The summed E-state index contributed by atoms with van der Waals surface area (Å²) >= 11 is 0. The van der Waals surface area contributed by atoms with Crippen LogP contribution < -0.4 is 5.48 Å². The Kier molecular flexibility index (Phi) is 4.59. The topological polar surface area (TPSA) is 92.8 Å². The number of hydroxylamine groups is 1. The van der Waals surface area contributed by atoms with Crippen molar-refractivity contribution < 1.29 is 22.3 Å². The average molecular weight is 312 g/mol. The maximum absolute atomic E-state index is 11.9. The second-order valence-corrected chi connectivity index (χ2v) is 6.27. The van der Waals surface area contributed by atoms with Crippen LogP contribution in [-0.4, -0.2) is 37.7 Å². The summed E-state index contributed by atoms with van der Waals surface area (Å²) in [5.74, 6) is -0.131. The first kappa shape index (κ1) is 15.5. The third-order valence-corrected chi connectivity index (χ3v) is 4.41. The van der Waals surface area contributed by atoms with Gasteiger partial charge < -0.3 is 4.90 Å². The van der Waals surface area contributed by atoms with E-state index in [-0.39, 0.29) is 10.7 Å². The molecule has 0 radical (unpaired) electrons. The van der Waals surface area contributed by atoms with Gasteiger partial charge in [-0.25, -0.2) is 4.79 Å². The number of hydrogen-bond donors (Lipinski definition) is 1. The first-order valence-corrected chi connectivity index (χ1v) is 7.88. The van der Waals surface area contributed by atoms with Crippen molar-refractivity contribution in [2.75, 3.05) is 6.54 Å². The highest BCUT2D eigenvalue weighted by Gasteiger charge is 2.32. The Morgan fingerprint density at radius 1 is 1.29 bits per heavy atom. The lowest BCUT2D eigenvalue weighted by molar-refractivity contribution is -0.120. The van der Waals surface area contributed by atoms with Crippen molar-refractivity contribution in [1.82, 2.24) is 10.4 Å². The van der Waals surface area contributed by atoms with E-state index in [0.717, 1.165) is 0 Å². The largest absolute Gasteiger partial charge is 0.343 e. The molecule has 1 unspecified atom stereocenters. The summed E-state index contributed by atoms with van der Waals surface area (Å²) in [4.78, 5) is 24.5. The third-order valence-electron chi connectivity index (χ3n) is 3.25. The van der Waals surface area contributed by atoms with E-state index >= 15 is 0 Å². The van der Waals surface area contributed by atoms with E-state index in [4.69, 9.17) is 0 Å². The minimum absolute atomic E-state index is 0.0603. The Morgan fingerprint density at radius 2 is 1.95 bits per heavy atom. The molecule has 2 rings (SSSR count). The Morgan fingerprint density at radius 3 is 2.57 bits per heavy atom. The number of hydrogen-bond acceptors (Lipinski definition) is 5. The summed E-state index contributed by atoms with van der Waals surface area (Å²) in [7, 11) is -4.07. The molecule has 21 heavy (non-hydrogen) atoms. The zero-order valence-corrected chi connectivity index (χ0v) is 12.3. The number of benzene rings is 1. The summed E-state index contributed by atoms with van der Waals surface area (Å²) in [5.41, 5.74) is 1.90. The summed E-state index contributed by atoms with van der Waals surface area (Å²) in [5, 5.41) is 0. The van der Waals surface area contributed by atoms with E-state index in [1.165, 1.54) is 24.0 Å². The first-order valence-electron chi connectivity index (χ1n) is 6.47. The van der Waals surface area contributed by atoms with Gasteiger partial charge in [0, 0.05) is 6.54 Å². The molecule has 7 nitrogen and oxygen atoms in total. The van der Waals surface area contributed by atoms with Crippen LogP contribution in [0.5, 0.6) is 0 Å². The van der Waals surface area contributed by atoms with Crippen molar-refractivity contribution >= 4 is 21.9 Å². The molecule has 0 aliphatic carbocycles. The number of nitrogens with zero attached hydrogens (tertiary/aromatic N) is 1. The van der Waals surface area contributed by atoms with Gasteiger partial charge in [0.05, 0.1) is 10.9 Å². The molecule has 1 fully saturated rings. The van der Waals surface area contributed by atoms with Gasteiger partial charge in [0.25, 0.3) is 0 Å². The lowest BCUT2D eigenvalue weighted by atomic mass is 10.1. The fourth-order valence-corrected chi connectivity index (χ4v) is 2.98. The summed E-state index contributed by atoms with van der Waals surface area (Å²) in [6.45, 7) is 1.79. The maximum atomic E-state index is 11.9. The highest BCUT2D eigenvalue weighted by Crippen LogP contribution is 2.18. The molecule has 1 aromatic rings. The van der Waals surface area contributed by atoms with E-state index in [0.29, 0.717) is 19.4 Å². The molecule has 0 bridgehead atoms. The molecule has 8 heteroatoms. The predicted molar refractivity (Wildman–Crippen MR) is 73.7 cm³/mol. The third kappa shape index (κ3) is 3.59. The average Bonchev–Trinajstić information content (AvgIpc) is 2.95. The molecule has 0 saturated carbocycles. The number of Topliss-reactive ketones (excluding diaryl/α,β-unsaturated/α-hetero) is 1. The van der Waals surface area contributed by atoms with Gasteiger partial charge in [-0.05, 0) is 31.9 Å². The Hall–Kier alpha value is -1.93. The molecule has 2 amide bonds. The number of carbonyl (C=O) groups excluding carboxylic acids is 2. The summed E-state index contributed by atoms with van der Waals surface area (Å²) < 4.78 is 28.2. The van der Waals surface area contributed by atoms with Crippen LogP contribution in [0, 0.1) is 0 Å². The maximum Gasteiger partial charge on any atom is 0.343 e. The van der Waals surface area contributed by atoms with Gasteiger partial charge in [-0.2, -0.15) is 13.9 Å². The van der Waals surface area contributed by atoms with Crippen LogP contribution in [-0.2, 0) is 19.2 Å². The molecule has 1 aromatic carbocycles. The first-order chi connectivity index (χ1) is 9.92. The van der Waals surface area contributed by atoms with Crippen LogP contribution in [0.2, 0.25) is 0 Å². The van der Waals surface area contributed by atoms with Gasteiger partial charge in [-0.1, -0.05) is 18.2 Å². The molecule has 0 spiro atoms. The molecule has 1 atom stereocenters. The molecule has 1 heterocycles. The number of amides is 2. The van der Waals surface area contributed by atoms with E-state index < -0.39 is 22.2 Å². The Labute approximate surface area is 123 Å². The minimum Gasteiger partial charge on any atom is -0.313 e.